The summed E-state index contributed by atoms with van der Waals surface area (Å²) < 4.78 is 5.21. The highest BCUT2D eigenvalue weighted by Gasteiger charge is 2.24. The van der Waals surface area contributed by atoms with Crippen molar-refractivity contribution in [3.8, 4) is 11.1 Å². The fourth-order valence-electron chi connectivity index (χ4n) is 3.53. The van der Waals surface area contributed by atoms with Crippen molar-refractivity contribution in [3.63, 3.8) is 0 Å². The molecule has 0 fully saturated rings. The molecule has 0 saturated carbocycles. The van der Waals surface area contributed by atoms with Gasteiger partial charge >= 0.3 is 5.97 Å². The fraction of sp³-hybridized carbons (Fsp3) is 0.160. The molecule has 156 valence electrons. The van der Waals surface area contributed by atoms with E-state index in [0.29, 0.717) is 21.0 Å². The molecule has 0 atom stereocenters. The van der Waals surface area contributed by atoms with E-state index in [2.05, 4.69) is 10.3 Å². The Kier molecular flexibility index (Phi) is 5.82. The summed E-state index contributed by atoms with van der Waals surface area (Å²) in [6, 6.07) is 19.3. The highest BCUT2D eigenvalue weighted by atomic mass is 32.1. The van der Waals surface area contributed by atoms with Crippen molar-refractivity contribution >= 4 is 39.1 Å². The Hall–Kier alpha value is -3.51. The van der Waals surface area contributed by atoms with Crippen LogP contribution >= 0.6 is 11.3 Å². The van der Waals surface area contributed by atoms with Crippen molar-refractivity contribution in [1.82, 2.24) is 4.98 Å². The van der Waals surface area contributed by atoms with Crippen LogP contribution in [-0.4, -0.2) is 23.5 Å². The van der Waals surface area contributed by atoms with Gasteiger partial charge in [-0.25, -0.2) is 9.78 Å². The van der Waals surface area contributed by atoms with Crippen molar-refractivity contribution in [3.05, 3.63) is 82.4 Å². The van der Waals surface area contributed by atoms with Crippen LogP contribution < -0.4 is 5.32 Å². The van der Waals surface area contributed by atoms with Crippen LogP contribution in [0.15, 0.2) is 60.7 Å². The van der Waals surface area contributed by atoms with Crippen LogP contribution in [0.3, 0.4) is 0 Å². The Balaban J connectivity index is 1.69. The molecule has 2 aromatic carbocycles. The molecule has 0 spiro atoms. The second kappa shape index (κ2) is 8.70. The van der Waals surface area contributed by atoms with Crippen LogP contribution in [0.4, 0.5) is 5.69 Å². The average Bonchev–Trinajstić information content (AvgIpc) is 3.13. The number of nitrogens with one attached hydrogen (secondary N) is 1. The predicted octanol–water partition coefficient (Wildman–Crippen LogP) is 6.01. The van der Waals surface area contributed by atoms with E-state index in [4.69, 9.17) is 4.74 Å². The molecule has 0 aliphatic rings. The number of nitrogens with zero attached hydrogens (tertiary/aromatic N) is 1. The molecule has 0 radical (unpaired) electrons. The number of anilines is 1. The Morgan fingerprint density at radius 3 is 2.35 bits per heavy atom. The molecule has 0 aliphatic carbocycles. The number of hydrogen-bond acceptors (Lipinski definition) is 5. The first-order valence-corrected chi connectivity index (χ1v) is 10.8. The van der Waals surface area contributed by atoms with Crippen molar-refractivity contribution in [2.24, 2.45) is 0 Å². The number of aryl methyl sites for hydroxylation is 2. The van der Waals surface area contributed by atoms with Crippen LogP contribution in [0.1, 0.15) is 38.2 Å². The number of fused-ring (bicyclic) bond motifs is 1. The summed E-state index contributed by atoms with van der Waals surface area (Å²) in [6.07, 6.45) is 0. The monoisotopic (exact) mass is 430 g/mol. The van der Waals surface area contributed by atoms with Gasteiger partial charge in [0.25, 0.3) is 5.91 Å². The van der Waals surface area contributed by atoms with Gasteiger partial charge in [-0.05, 0) is 55.7 Å². The Morgan fingerprint density at radius 1 is 1.00 bits per heavy atom. The minimum atomic E-state index is -0.461. The van der Waals surface area contributed by atoms with Crippen molar-refractivity contribution in [2.45, 2.75) is 20.8 Å². The summed E-state index contributed by atoms with van der Waals surface area (Å²) in [5, 5.41) is 3.71. The van der Waals surface area contributed by atoms with Gasteiger partial charge in [0.05, 0.1) is 12.3 Å². The number of thiophene rings is 1. The minimum absolute atomic E-state index is 0.257. The van der Waals surface area contributed by atoms with Gasteiger partial charge in [-0.1, -0.05) is 42.5 Å². The third-order valence-corrected chi connectivity index (χ3v) is 6.00. The van der Waals surface area contributed by atoms with Gasteiger partial charge < -0.3 is 10.1 Å². The molecular weight excluding hydrogens is 408 g/mol. The van der Waals surface area contributed by atoms with Crippen LogP contribution in [0.25, 0.3) is 21.3 Å². The summed E-state index contributed by atoms with van der Waals surface area (Å²) in [7, 11) is 0. The molecule has 5 nitrogen and oxygen atoms in total. The number of carbonyl (C=O) groups is 2. The van der Waals surface area contributed by atoms with Gasteiger partial charge in [0.2, 0.25) is 0 Å². The summed E-state index contributed by atoms with van der Waals surface area (Å²) in [5.41, 5.74) is 4.88. The second-order valence-corrected chi connectivity index (χ2v) is 8.18. The molecule has 0 aliphatic heterocycles. The third kappa shape index (κ3) is 4.20. The number of esters is 1. The number of rotatable bonds is 5. The smallest absolute Gasteiger partial charge is 0.350 e. The molecule has 4 aromatic rings. The van der Waals surface area contributed by atoms with Gasteiger partial charge in [0.15, 0.2) is 0 Å². The maximum Gasteiger partial charge on any atom is 0.350 e. The summed E-state index contributed by atoms with van der Waals surface area (Å²) >= 11 is 1.24. The van der Waals surface area contributed by atoms with Gasteiger partial charge in [-0.2, -0.15) is 0 Å². The largest absolute Gasteiger partial charge is 0.462 e. The molecular formula is C25H22N2O3S. The topological polar surface area (TPSA) is 68.3 Å². The lowest BCUT2D eigenvalue weighted by molar-refractivity contribution is 0.0533. The second-order valence-electron chi connectivity index (χ2n) is 7.18. The number of carbonyl (C=O) groups excluding carboxylic acids is 2. The first-order valence-electron chi connectivity index (χ1n) is 10.0. The van der Waals surface area contributed by atoms with Gasteiger partial charge in [0.1, 0.15) is 9.71 Å². The van der Waals surface area contributed by atoms with Gasteiger partial charge in [-0.3, -0.25) is 4.79 Å². The average molecular weight is 431 g/mol. The van der Waals surface area contributed by atoms with E-state index in [1.807, 2.05) is 62.4 Å². The number of pyridine rings is 1. The molecule has 6 heteroatoms. The SMILES string of the molecule is CCOC(=O)c1sc2nc(C)cc(C)c2c1NC(=O)c1ccc(-c2ccccc2)cc1. The molecule has 2 aromatic heterocycles. The van der Waals surface area contributed by atoms with E-state index in [0.717, 1.165) is 27.8 Å². The van der Waals surface area contributed by atoms with Crippen LogP contribution in [0.5, 0.6) is 0 Å². The third-order valence-electron chi connectivity index (χ3n) is 4.94. The summed E-state index contributed by atoms with van der Waals surface area (Å²) in [4.78, 5) is 31.2. The first-order chi connectivity index (χ1) is 15.0. The molecule has 1 N–H and O–H groups in total. The Morgan fingerprint density at radius 2 is 1.68 bits per heavy atom. The maximum atomic E-state index is 13.0. The van der Waals surface area contributed by atoms with E-state index >= 15 is 0 Å². The molecule has 4 rings (SSSR count). The number of hydrogen-bond donors (Lipinski definition) is 1. The lowest BCUT2D eigenvalue weighted by atomic mass is 10.0. The zero-order chi connectivity index (χ0) is 22.0. The molecule has 1 amide bonds. The maximum absolute atomic E-state index is 13.0. The molecule has 0 saturated heterocycles. The van der Waals surface area contributed by atoms with Crippen molar-refractivity contribution in [2.75, 3.05) is 11.9 Å². The highest BCUT2D eigenvalue weighted by molar-refractivity contribution is 7.21. The molecule has 31 heavy (non-hydrogen) atoms. The van der Waals surface area contributed by atoms with Crippen LogP contribution in [0.2, 0.25) is 0 Å². The summed E-state index contributed by atoms with van der Waals surface area (Å²) in [6.45, 7) is 5.87. The molecule has 0 unspecified atom stereocenters. The van der Waals surface area contributed by atoms with E-state index in [1.165, 1.54) is 11.3 Å². The molecule has 0 bridgehead atoms. The number of aromatic nitrogens is 1. The minimum Gasteiger partial charge on any atom is -0.462 e. The van der Waals surface area contributed by atoms with Gasteiger partial charge in [0, 0.05) is 16.6 Å². The van der Waals surface area contributed by atoms with E-state index < -0.39 is 5.97 Å². The highest BCUT2D eigenvalue weighted by Crippen LogP contribution is 2.38. The first kappa shape index (κ1) is 20.8. The number of benzene rings is 2. The van der Waals surface area contributed by atoms with E-state index in [1.54, 1.807) is 19.1 Å². The van der Waals surface area contributed by atoms with Crippen LogP contribution in [-0.2, 0) is 4.74 Å². The normalized spacial score (nSPS) is 10.8. The standard InChI is InChI=1S/C25H22N2O3S/c1-4-30-25(29)22-21(20-15(2)14-16(3)26-24(20)31-22)27-23(28)19-12-10-18(11-13-19)17-8-6-5-7-9-17/h5-14H,4H2,1-3H3,(H,27,28). The summed E-state index contributed by atoms with van der Waals surface area (Å²) in [5.74, 6) is -0.748. The Bertz CT molecular complexity index is 1260. The van der Waals surface area contributed by atoms with Crippen LogP contribution in [0, 0.1) is 13.8 Å². The quantitative estimate of drug-likeness (QED) is 0.394. The number of ether oxygens (including phenoxy) is 1. The fourth-order valence-corrected chi connectivity index (χ4v) is 4.68. The van der Waals surface area contributed by atoms with Crippen molar-refractivity contribution in [1.29, 1.82) is 0 Å². The predicted molar refractivity (Wildman–Crippen MR) is 125 cm³/mol. The van der Waals surface area contributed by atoms with Crippen molar-refractivity contribution < 1.29 is 14.3 Å². The van der Waals surface area contributed by atoms with Gasteiger partial charge in [-0.15, -0.1) is 11.3 Å². The van der Waals surface area contributed by atoms with E-state index in [9.17, 15) is 9.59 Å². The van der Waals surface area contributed by atoms with E-state index in [-0.39, 0.29) is 12.5 Å². The zero-order valence-electron chi connectivity index (χ0n) is 17.6. The zero-order valence-corrected chi connectivity index (χ0v) is 18.4. The Labute approximate surface area is 184 Å². The lowest BCUT2D eigenvalue weighted by Crippen LogP contribution is -2.14. The number of amides is 1. The lowest BCUT2D eigenvalue weighted by Gasteiger charge is -2.09. The molecule has 2 heterocycles.